The maximum absolute atomic E-state index is 9.12. The van der Waals surface area contributed by atoms with Gasteiger partial charge < -0.3 is 41.5 Å². The van der Waals surface area contributed by atoms with Crippen molar-refractivity contribution in [3.8, 4) is 42.8 Å². The average Bonchev–Trinajstić information content (AvgIpc) is 2.05. The van der Waals surface area contributed by atoms with Crippen molar-refractivity contribution in [3.05, 3.63) is 210 Å². The lowest BCUT2D eigenvalue weighted by Gasteiger charge is -2.17. The highest BCUT2D eigenvalue weighted by molar-refractivity contribution is 9.10. The Hall–Kier alpha value is -8.76. The quantitative estimate of drug-likeness (QED) is 0.0326. The van der Waals surface area contributed by atoms with Gasteiger partial charge in [0.2, 0.25) is 23.8 Å². The monoisotopic (exact) mass is 1440 g/mol. The Morgan fingerprint density at radius 3 is 1.10 bits per heavy atom. The minimum Gasteiger partial charge on any atom is -0.391 e. The molecule has 12 aromatic rings. The van der Waals surface area contributed by atoms with Crippen molar-refractivity contribution in [2.24, 2.45) is 0 Å². The molecule has 0 unspecified atom stereocenters. The van der Waals surface area contributed by atoms with Crippen LogP contribution in [0.25, 0.3) is 42.8 Å². The molecule has 6 N–H and O–H groups in total. The summed E-state index contributed by atoms with van der Waals surface area (Å²) in [5.41, 5.74) is 16.8. The van der Waals surface area contributed by atoms with Crippen molar-refractivity contribution in [3.63, 3.8) is 0 Å². The second kappa shape index (κ2) is 36.0. The van der Waals surface area contributed by atoms with E-state index in [2.05, 4.69) is 268 Å². The van der Waals surface area contributed by atoms with E-state index in [9.17, 15) is 0 Å². The lowest BCUT2D eigenvalue weighted by Crippen LogP contribution is -2.27. The van der Waals surface area contributed by atoms with Gasteiger partial charge in [-0.1, -0.05) is 38.1 Å². The van der Waals surface area contributed by atoms with Gasteiger partial charge in [-0.25, -0.2) is 59.8 Å². The van der Waals surface area contributed by atoms with Crippen LogP contribution in [-0.2, 0) is 19.7 Å². The van der Waals surface area contributed by atoms with Gasteiger partial charge in [-0.2, -0.15) is 0 Å². The van der Waals surface area contributed by atoms with Crippen molar-refractivity contribution < 1.29 is 5.11 Å². The first kappa shape index (κ1) is 72.5. The number of anilines is 8. The van der Waals surface area contributed by atoms with E-state index in [1.54, 1.807) is 65.0 Å². The molecule has 25 heteroatoms. The molecule has 4 aromatic carbocycles. The number of aryl methyl sites for hydroxylation is 8. The van der Waals surface area contributed by atoms with Crippen molar-refractivity contribution in [2.75, 3.05) is 61.5 Å². The Kier molecular flexibility index (Phi) is 26.9. The fourth-order valence-electron chi connectivity index (χ4n) is 10.2. The number of nitrogens with one attached hydrogen (secondary N) is 5. The molecule has 0 saturated heterocycles. The molecule has 0 spiro atoms. The maximum atomic E-state index is 9.12. The standard InChI is InChI=1S/C23H32N6S.C18H21N5S.C16H16N4OS.C15H13BrN4S/c1-5-29(6-2)11-7-9-24-15-20-16-26-22(30-20)21-8-10-25-23(28-21)27-19-13-17(3)12-18(4)14-19;1-12-7-13(2)9-14(8-12)21-18-19-6-5-16(22-18)17-20-10-15(24-17)11-23(3)4;1-10-5-11(2)7-12(6-10)19-16-17-4-3-14(20-16)15-18-8-13(9-21)22-15;1-9-5-10(2)7-11(6-9)18-15-17-4-3-12(19-15)14-20-13(16)8-21-14/h8,10,12-14,16,24H,5-7,9,11,15H2,1-4H3,(H,25,27,28);5-10H,11H2,1-4H3,(H,19,21,22);3-8,21H,9H2,1-2H3,(H,17,19,20);3-8H,1-2H3,(H,17,18,19). The summed E-state index contributed by atoms with van der Waals surface area (Å²) in [4.78, 5) is 61.0. The van der Waals surface area contributed by atoms with E-state index in [0.717, 1.165) is 121 Å². The highest BCUT2D eigenvalue weighted by Crippen LogP contribution is 2.30. The second-order valence-corrected chi connectivity index (χ2v) is 28.4. The number of aliphatic hydroxyl groups is 1. The van der Waals surface area contributed by atoms with Gasteiger partial charge in [0.15, 0.2) is 0 Å². The predicted molar refractivity (Wildman–Crippen MR) is 404 cm³/mol. The van der Waals surface area contributed by atoms with Gasteiger partial charge in [0.05, 0.1) is 11.5 Å². The lowest BCUT2D eigenvalue weighted by molar-refractivity contribution is 0.285. The summed E-state index contributed by atoms with van der Waals surface area (Å²) < 4.78 is 0.824. The van der Waals surface area contributed by atoms with Crippen molar-refractivity contribution in [1.29, 1.82) is 0 Å². The van der Waals surface area contributed by atoms with Crippen LogP contribution < -0.4 is 26.6 Å². The van der Waals surface area contributed by atoms with Gasteiger partial charge in [0, 0.05) is 94.4 Å². The fraction of sp³-hybridized carbons (Fsp3) is 0.278. The Labute approximate surface area is 593 Å². The number of nitrogens with zero attached hydrogens (tertiary/aromatic N) is 14. The molecule has 0 bridgehead atoms. The van der Waals surface area contributed by atoms with Gasteiger partial charge in [-0.05, 0) is 235 Å². The van der Waals surface area contributed by atoms with Gasteiger partial charge in [-0.15, -0.1) is 45.3 Å². The van der Waals surface area contributed by atoms with Crippen LogP contribution in [-0.4, -0.2) is 115 Å². The maximum Gasteiger partial charge on any atom is 0.227 e. The Morgan fingerprint density at radius 1 is 0.433 bits per heavy atom. The Balaban J connectivity index is 0.000000153. The molecule has 0 amide bonds. The molecule has 0 radical (unpaired) electrons. The number of hydrogen-bond donors (Lipinski definition) is 6. The Bertz CT molecular complexity index is 4410. The number of halogens is 1. The Morgan fingerprint density at radius 2 is 0.773 bits per heavy atom. The largest absolute Gasteiger partial charge is 0.391 e. The van der Waals surface area contributed by atoms with E-state index in [1.165, 1.54) is 65.6 Å². The summed E-state index contributed by atoms with van der Waals surface area (Å²) in [5.74, 6) is 2.28. The number of aliphatic hydroxyl groups excluding tert-OH is 1. The number of hydrogen-bond acceptors (Lipinski definition) is 24. The molecule has 0 saturated carbocycles. The third-order valence-electron chi connectivity index (χ3n) is 14.2. The van der Waals surface area contributed by atoms with Crippen LogP contribution in [0, 0.1) is 55.4 Å². The van der Waals surface area contributed by atoms with Gasteiger partial charge >= 0.3 is 0 Å². The molecule has 97 heavy (non-hydrogen) atoms. The molecule has 0 aliphatic heterocycles. The summed E-state index contributed by atoms with van der Waals surface area (Å²) >= 11 is 9.67. The van der Waals surface area contributed by atoms with E-state index >= 15 is 0 Å². The van der Waals surface area contributed by atoms with E-state index < -0.39 is 0 Å². The lowest BCUT2D eigenvalue weighted by atomic mass is 10.1. The van der Waals surface area contributed by atoms with Crippen LogP contribution >= 0.6 is 61.3 Å². The number of aromatic nitrogens is 12. The summed E-state index contributed by atoms with van der Waals surface area (Å²) in [7, 11) is 4.10. The van der Waals surface area contributed by atoms with Crippen LogP contribution in [0.5, 0.6) is 0 Å². The molecule has 0 fully saturated rings. The molecule has 0 atom stereocenters. The van der Waals surface area contributed by atoms with Crippen LogP contribution in [0.3, 0.4) is 0 Å². The summed E-state index contributed by atoms with van der Waals surface area (Å²) in [5, 5.41) is 31.1. The van der Waals surface area contributed by atoms with E-state index in [4.69, 9.17) is 5.11 Å². The van der Waals surface area contributed by atoms with E-state index in [0.29, 0.717) is 23.8 Å². The normalized spacial score (nSPS) is 10.9. The van der Waals surface area contributed by atoms with Gasteiger partial charge in [0.1, 0.15) is 47.4 Å². The highest BCUT2D eigenvalue weighted by atomic mass is 79.9. The number of benzene rings is 4. The van der Waals surface area contributed by atoms with Crippen LogP contribution in [0.4, 0.5) is 46.5 Å². The van der Waals surface area contributed by atoms with Crippen LogP contribution in [0.2, 0.25) is 0 Å². The van der Waals surface area contributed by atoms with Crippen LogP contribution in [0.15, 0.2) is 150 Å². The first-order valence-electron chi connectivity index (χ1n) is 31.7. The van der Waals surface area contributed by atoms with Gasteiger partial charge in [0.25, 0.3) is 0 Å². The number of rotatable bonds is 23. The molecule has 0 aliphatic rings. The zero-order valence-corrected chi connectivity index (χ0v) is 61.6. The van der Waals surface area contributed by atoms with Crippen molar-refractivity contribution >= 4 is 108 Å². The summed E-state index contributed by atoms with van der Waals surface area (Å²) in [6, 6.07) is 32.6. The summed E-state index contributed by atoms with van der Waals surface area (Å²) in [6.07, 6.45) is 13.7. The molecule has 502 valence electrons. The molecule has 8 aromatic heterocycles. The van der Waals surface area contributed by atoms with E-state index in [-0.39, 0.29) is 6.61 Å². The number of thiazole rings is 4. The predicted octanol–water partition coefficient (Wildman–Crippen LogP) is 17.0. The van der Waals surface area contributed by atoms with Crippen molar-refractivity contribution in [1.82, 2.24) is 74.9 Å². The zero-order chi connectivity index (χ0) is 68.8. The molecule has 0 aliphatic carbocycles. The SMILES string of the molecule is CCN(CC)CCCNCc1cnc(-c2ccnc(Nc3cc(C)cc(C)c3)n2)s1.Cc1cc(C)cc(Nc2nccc(-c3nc(Br)cs3)n2)c1.Cc1cc(C)cc(Nc2nccc(-c3ncc(CN(C)C)s3)n2)c1.Cc1cc(C)cc(Nc2nccc(-c3ncc(CO)s3)n2)c1. The summed E-state index contributed by atoms with van der Waals surface area (Å²) in [6.45, 7) is 27.1. The molecular weight excluding hydrogens is 1360 g/mol. The van der Waals surface area contributed by atoms with E-state index in [1.807, 2.05) is 42.0 Å². The topological polar surface area (TPSA) is 242 Å². The smallest absolute Gasteiger partial charge is 0.227 e. The zero-order valence-electron chi connectivity index (χ0n) is 56.7. The van der Waals surface area contributed by atoms with Crippen LogP contribution in [0.1, 0.15) is 79.4 Å². The third kappa shape index (κ3) is 23.2. The average molecular weight is 1440 g/mol. The first-order valence-corrected chi connectivity index (χ1v) is 35.8. The third-order valence-corrected chi connectivity index (χ3v) is 18.8. The van der Waals surface area contributed by atoms with Crippen molar-refractivity contribution in [2.45, 2.75) is 95.4 Å². The highest BCUT2D eigenvalue weighted by Gasteiger charge is 2.14. The molecular formula is C72H82BrN19OS4. The fourth-order valence-corrected chi connectivity index (χ4v) is 14.0. The molecule has 20 nitrogen and oxygen atoms in total. The minimum absolute atomic E-state index is 0.00355. The first-order chi connectivity index (χ1) is 46.8. The minimum atomic E-state index is -0.00355. The molecule has 8 heterocycles. The second-order valence-electron chi connectivity index (χ2n) is 23.4. The van der Waals surface area contributed by atoms with Gasteiger partial charge in [-0.3, -0.25) is 0 Å². The molecule has 12 rings (SSSR count).